The summed E-state index contributed by atoms with van der Waals surface area (Å²) < 4.78 is 36.0. The molecule has 0 aliphatic rings. The average Bonchev–Trinajstić information content (AvgIpc) is 2.69. The maximum absolute atomic E-state index is 12.0. The summed E-state index contributed by atoms with van der Waals surface area (Å²) in [4.78, 5) is 55.0. The summed E-state index contributed by atoms with van der Waals surface area (Å²) in [7, 11) is 1.23. The molecule has 4 N–H and O–H groups in total. The molecule has 9 nitrogen and oxygen atoms in total. The van der Waals surface area contributed by atoms with E-state index in [2.05, 4.69) is 15.8 Å². The van der Waals surface area contributed by atoms with Crippen molar-refractivity contribution < 1.29 is 52.7 Å². The number of amides is 1. The molecule has 0 saturated heterocycles. The summed E-state index contributed by atoms with van der Waals surface area (Å²) in [6.45, 7) is -0.246. The molecule has 1 rings (SSSR count). The Morgan fingerprint density at radius 3 is 2.07 bits per heavy atom. The van der Waals surface area contributed by atoms with Crippen molar-refractivity contribution in [3.63, 3.8) is 0 Å². The summed E-state index contributed by atoms with van der Waals surface area (Å²) in [6, 6.07) is 7.19. The number of ketones is 2. The molecule has 0 unspecified atom stereocenters. The molecular formula is C17H19F3N2O7. The van der Waals surface area contributed by atoms with E-state index >= 15 is 0 Å². The van der Waals surface area contributed by atoms with Gasteiger partial charge in [-0.25, -0.2) is 0 Å². The zero-order chi connectivity index (χ0) is 22.6. The molecule has 29 heavy (non-hydrogen) atoms. The summed E-state index contributed by atoms with van der Waals surface area (Å²) in [5, 5.41) is 11.1. The topological polar surface area (TPSA) is 157 Å². The van der Waals surface area contributed by atoms with Gasteiger partial charge >= 0.3 is 12.1 Å². The van der Waals surface area contributed by atoms with E-state index in [4.69, 9.17) is 9.90 Å². The van der Waals surface area contributed by atoms with Gasteiger partial charge in [-0.1, -0.05) is 30.3 Å². The van der Waals surface area contributed by atoms with Gasteiger partial charge < -0.3 is 25.7 Å². The maximum atomic E-state index is 12.0. The summed E-state index contributed by atoms with van der Waals surface area (Å²) in [5.74, 6) is -4.86. The molecule has 1 amide bonds. The van der Waals surface area contributed by atoms with E-state index in [0.29, 0.717) is 5.56 Å². The van der Waals surface area contributed by atoms with E-state index < -0.39 is 35.8 Å². The normalized spacial score (nSPS) is 11.3. The van der Waals surface area contributed by atoms with Gasteiger partial charge in [-0.15, -0.1) is 0 Å². The first kappa shape index (κ1) is 25.7. The van der Waals surface area contributed by atoms with E-state index in [9.17, 15) is 32.3 Å². The molecule has 0 aliphatic carbocycles. The Morgan fingerprint density at radius 1 is 1.10 bits per heavy atom. The number of Topliss-reactive ketones (excluding diaryl/α,β-unsaturated/α-hetero) is 2. The Bertz CT molecular complexity index is 736. The molecule has 0 spiro atoms. The lowest BCUT2D eigenvalue weighted by Gasteiger charge is -2.08. The third kappa shape index (κ3) is 10.6. The SMILES string of the molecule is COC(=O)CCC(=O)CNC(=O)[C@@H]([NH3+])C(=O)c1ccccc1.O=C([O-])C(F)(F)F. The summed E-state index contributed by atoms with van der Waals surface area (Å²) in [6.07, 6.45) is -5.26. The van der Waals surface area contributed by atoms with Crippen molar-refractivity contribution in [2.45, 2.75) is 25.1 Å². The van der Waals surface area contributed by atoms with Gasteiger partial charge in [-0.3, -0.25) is 19.2 Å². The van der Waals surface area contributed by atoms with Crippen LogP contribution in [0.15, 0.2) is 30.3 Å². The van der Waals surface area contributed by atoms with Crippen molar-refractivity contribution >= 4 is 29.4 Å². The first-order valence-corrected chi connectivity index (χ1v) is 7.96. The highest BCUT2D eigenvalue weighted by Gasteiger charge is 2.29. The number of halogens is 3. The smallest absolute Gasteiger partial charge is 0.430 e. The number of alkyl halides is 3. The third-order valence-electron chi connectivity index (χ3n) is 3.22. The highest BCUT2D eigenvalue weighted by atomic mass is 19.4. The molecule has 0 radical (unpaired) electrons. The highest BCUT2D eigenvalue weighted by Crippen LogP contribution is 2.11. The van der Waals surface area contributed by atoms with Crippen molar-refractivity contribution in [1.29, 1.82) is 0 Å². The average molecular weight is 420 g/mol. The van der Waals surface area contributed by atoms with Crippen LogP contribution in [0.1, 0.15) is 23.2 Å². The first-order valence-electron chi connectivity index (χ1n) is 7.96. The van der Waals surface area contributed by atoms with Gasteiger partial charge in [-0.2, -0.15) is 13.2 Å². The van der Waals surface area contributed by atoms with Crippen molar-refractivity contribution in [3.05, 3.63) is 35.9 Å². The number of hydrogen-bond acceptors (Lipinski definition) is 7. The standard InChI is InChI=1S/C15H18N2O5.C2HF3O2/c1-22-12(19)8-7-11(18)9-17-15(21)13(16)14(20)10-5-3-2-4-6-10;3-2(4,5)1(6)7/h2-6,13H,7-9,16H2,1H3,(H,17,21);(H,6,7)/t13-;/m0./s1. The molecule has 1 atom stereocenters. The number of hydrogen-bond donors (Lipinski definition) is 2. The van der Waals surface area contributed by atoms with Crippen molar-refractivity contribution in [3.8, 4) is 0 Å². The van der Waals surface area contributed by atoms with Gasteiger partial charge in [0.25, 0.3) is 5.91 Å². The summed E-state index contributed by atoms with van der Waals surface area (Å²) in [5.41, 5.74) is 3.92. The van der Waals surface area contributed by atoms with E-state index in [1.54, 1.807) is 30.3 Å². The Kier molecular flexibility index (Phi) is 10.8. The molecule has 0 heterocycles. The van der Waals surface area contributed by atoms with Crippen LogP contribution in [0.25, 0.3) is 0 Å². The van der Waals surface area contributed by atoms with Gasteiger partial charge in [-0.05, 0) is 0 Å². The Labute approximate surface area is 163 Å². The van der Waals surface area contributed by atoms with Crippen molar-refractivity contribution in [2.75, 3.05) is 13.7 Å². The van der Waals surface area contributed by atoms with E-state index in [1.807, 2.05) is 0 Å². The molecule has 160 valence electrons. The first-order chi connectivity index (χ1) is 13.4. The molecular weight excluding hydrogens is 401 g/mol. The lowest BCUT2D eigenvalue weighted by atomic mass is 10.0. The molecule has 0 bridgehead atoms. The zero-order valence-electron chi connectivity index (χ0n) is 15.3. The molecule has 0 saturated carbocycles. The number of ether oxygens (including phenoxy) is 1. The van der Waals surface area contributed by atoms with Crippen LogP contribution in [-0.2, 0) is 23.9 Å². The van der Waals surface area contributed by atoms with Crippen LogP contribution < -0.4 is 16.2 Å². The number of carboxylic acids is 1. The predicted octanol–water partition coefficient (Wildman–Crippen LogP) is -1.58. The fourth-order valence-electron chi connectivity index (χ4n) is 1.66. The number of rotatable bonds is 8. The number of benzene rings is 1. The lowest BCUT2D eigenvalue weighted by molar-refractivity contribution is -0.384. The van der Waals surface area contributed by atoms with Gasteiger partial charge in [0.15, 0.2) is 5.78 Å². The van der Waals surface area contributed by atoms with Gasteiger partial charge in [0.1, 0.15) is 5.97 Å². The van der Waals surface area contributed by atoms with Crippen molar-refractivity contribution in [1.82, 2.24) is 5.32 Å². The van der Waals surface area contributed by atoms with Crippen LogP contribution in [-0.4, -0.2) is 55.3 Å². The monoisotopic (exact) mass is 420 g/mol. The van der Waals surface area contributed by atoms with Crippen LogP contribution in [0.2, 0.25) is 0 Å². The second kappa shape index (κ2) is 12.2. The molecule has 0 aliphatic heterocycles. The van der Waals surface area contributed by atoms with Gasteiger partial charge in [0, 0.05) is 12.0 Å². The number of esters is 1. The Hall–Kier alpha value is -3.28. The Balaban J connectivity index is 0.000000956. The number of carboxylic acid groups (broad SMARTS) is 1. The molecule has 1 aromatic carbocycles. The minimum Gasteiger partial charge on any atom is -0.542 e. The largest absolute Gasteiger partial charge is 0.542 e. The fraction of sp³-hybridized carbons (Fsp3) is 0.353. The predicted molar refractivity (Wildman–Crippen MR) is 87.8 cm³/mol. The van der Waals surface area contributed by atoms with Gasteiger partial charge in [0.2, 0.25) is 11.8 Å². The quantitative estimate of drug-likeness (QED) is 0.292. The molecule has 0 aromatic heterocycles. The van der Waals surface area contributed by atoms with E-state index in [1.165, 1.54) is 7.11 Å². The number of carbonyl (C=O) groups is 5. The number of aliphatic carboxylic acids is 1. The maximum Gasteiger partial charge on any atom is 0.430 e. The number of nitrogens with one attached hydrogen (secondary N) is 1. The third-order valence-corrected chi connectivity index (χ3v) is 3.22. The Morgan fingerprint density at radius 2 is 1.62 bits per heavy atom. The van der Waals surface area contributed by atoms with Crippen LogP contribution in [0.4, 0.5) is 13.2 Å². The van der Waals surface area contributed by atoms with Crippen LogP contribution in [0.5, 0.6) is 0 Å². The number of quaternary nitrogens is 1. The molecule has 1 aromatic rings. The highest BCUT2D eigenvalue weighted by molar-refractivity contribution is 6.12. The lowest BCUT2D eigenvalue weighted by Crippen LogP contribution is -2.71. The van der Waals surface area contributed by atoms with Gasteiger partial charge in [0.05, 0.1) is 20.1 Å². The van der Waals surface area contributed by atoms with E-state index in [0.717, 1.165) is 0 Å². The fourth-order valence-corrected chi connectivity index (χ4v) is 1.66. The van der Waals surface area contributed by atoms with Crippen molar-refractivity contribution in [2.24, 2.45) is 0 Å². The number of carbonyl (C=O) groups excluding carboxylic acids is 5. The second-order valence-electron chi connectivity index (χ2n) is 5.40. The molecule has 0 fully saturated rings. The number of methoxy groups -OCH3 is 1. The van der Waals surface area contributed by atoms with Crippen LogP contribution >= 0.6 is 0 Å². The minimum atomic E-state index is -5.19. The zero-order valence-corrected chi connectivity index (χ0v) is 15.3. The second-order valence-corrected chi connectivity index (χ2v) is 5.40. The minimum absolute atomic E-state index is 0.0264. The van der Waals surface area contributed by atoms with Crippen LogP contribution in [0.3, 0.4) is 0 Å². The van der Waals surface area contributed by atoms with Crippen LogP contribution in [0, 0.1) is 0 Å². The summed E-state index contributed by atoms with van der Waals surface area (Å²) >= 11 is 0. The molecule has 12 heteroatoms. The van der Waals surface area contributed by atoms with E-state index in [-0.39, 0.29) is 25.2 Å².